The van der Waals surface area contributed by atoms with E-state index < -0.39 is 11.6 Å². The van der Waals surface area contributed by atoms with Gasteiger partial charge in [-0.15, -0.1) is 0 Å². The van der Waals surface area contributed by atoms with Gasteiger partial charge in [0.15, 0.2) is 5.96 Å². The predicted molar refractivity (Wildman–Crippen MR) is 109 cm³/mol. The molecule has 1 heterocycles. The number of nitrogens with zero attached hydrogens (tertiary/aromatic N) is 2. The lowest BCUT2D eigenvalue weighted by Crippen LogP contribution is -2.48. The van der Waals surface area contributed by atoms with Crippen molar-refractivity contribution >= 4 is 17.6 Å². The monoisotopic (exact) mass is 406 g/mol. The molecule has 0 saturated carbocycles. The Hall–Kier alpha value is -2.18. The normalized spacial score (nSPS) is 16.2. The number of rotatable bonds is 5. The van der Waals surface area contributed by atoms with Crippen LogP contribution >= 0.6 is 11.6 Å². The first-order valence-electron chi connectivity index (χ1n) is 9.41. The molecule has 0 bridgehead atoms. The van der Waals surface area contributed by atoms with Crippen LogP contribution in [-0.4, -0.2) is 37.0 Å². The van der Waals surface area contributed by atoms with Gasteiger partial charge in [-0.1, -0.05) is 23.7 Å². The number of aliphatic imine (C=N–C) groups is 1. The molecule has 3 rings (SSSR count). The molecule has 1 aliphatic heterocycles. The van der Waals surface area contributed by atoms with Crippen LogP contribution in [0.5, 0.6) is 0 Å². The van der Waals surface area contributed by atoms with Crippen molar-refractivity contribution in [2.75, 3.05) is 20.1 Å². The molecule has 1 saturated heterocycles. The first-order valence-corrected chi connectivity index (χ1v) is 9.79. The smallest absolute Gasteiger partial charge is 0.191 e. The molecule has 150 valence electrons. The molecule has 0 spiro atoms. The Morgan fingerprint density at radius 2 is 1.86 bits per heavy atom. The number of benzene rings is 2. The van der Waals surface area contributed by atoms with Gasteiger partial charge in [0.2, 0.25) is 0 Å². The van der Waals surface area contributed by atoms with E-state index in [0.717, 1.165) is 49.6 Å². The number of hydrogen-bond donors (Lipinski definition) is 2. The van der Waals surface area contributed by atoms with Crippen molar-refractivity contribution in [3.63, 3.8) is 0 Å². The molecule has 0 atom stereocenters. The average molecular weight is 407 g/mol. The fourth-order valence-corrected chi connectivity index (χ4v) is 3.46. The van der Waals surface area contributed by atoms with Gasteiger partial charge in [0.05, 0.1) is 0 Å². The molecular weight excluding hydrogens is 382 g/mol. The highest BCUT2D eigenvalue weighted by atomic mass is 35.5. The third-order valence-corrected chi connectivity index (χ3v) is 5.18. The van der Waals surface area contributed by atoms with Crippen LogP contribution in [0.15, 0.2) is 47.5 Å². The first kappa shape index (κ1) is 20.6. The van der Waals surface area contributed by atoms with Gasteiger partial charge in [0.25, 0.3) is 0 Å². The zero-order chi connectivity index (χ0) is 19.9. The Kier molecular flexibility index (Phi) is 7.23. The van der Waals surface area contributed by atoms with Crippen LogP contribution in [0.25, 0.3) is 0 Å². The SMILES string of the molecule is CN=C(NCc1cc(F)ccc1F)NC1CCN(Cc2ccc(Cl)cc2)CC1. The number of likely N-dealkylation sites (tertiary alicyclic amines) is 1. The molecule has 1 aliphatic rings. The topological polar surface area (TPSA) is 39.7 Å². The molecule has 7 heteroatoms. The highest BCUT2D eigenvalue weighted by Crippen LogP contribution is 2.16. The van der Waals surface area contributed by atoms with E-state index in [1.165, 1.54) is 11.6 Å². The van der Waals surface area contributed by atoms with E-state index in [2.05, 4.69) is 32.7 Å². The van der Waals surface area contributed by atoms with Crippen LogP contribution in [0.4, 0.5) is 8.78 Å². The first-order chi connectivity index (χ1) is 13.5. The maximum absolute atomic E-state index is 13.7. The van der Waals surface area contributed by atoms with Crippen LogP contribution in [0.1, 0.15) is 24.0 Å². The van der Waals surface area contributed by atoms with Crippen molar-refractivity contribution in [1.82, 2.24) is 15.5 Å². The van der Waals surface area contributed by atoms with Crippen molar-refractivity contribution < 1.29 is 8.78 Å². The highest BCUT2D eigenvalue weighted by molar-refractivity contribution is 6.30. The largest absolute Gasteiger partial charge is 0.354 e. The van der Waals surface area contributed by atoms with Gasteiger partial charge in [-0.2, -0.15) is 0 Å². The molecule has 2 aromatic rings. The molecule has 0 unspecified atom stereocenters. The van der Waals surface area contributed by atoms with Gasteiger partial charge < -0.3 is 10.6 Å². The molecule has 2 N–H and O–H groups in total. The van der Waals surface area contributed by atoms with Gasteiger partial charge in [-0.25, -0.2) is 8.78 Å². The second kappa shape index (κ2) is 9.85. The van der Waals surface area contributed by atoms with Crippen molar-refractivity contribution in [3.05, 3.63) is 70.2 Å². The van der Waals surface area contributed by atoms with Crippen LogP contribution < -0.4 is 10.6 Å². The minimum Gasteiger partial charge on any atom is -0.354 e. The summed E-state index contributed by atoms with van der Waals surface area (Å²) in [4.78, 5) is 6.61. The lowest BCUT2D eigenvalue weighted by Gasteiger charge is -2.33. The van der Waals surface area contributed by atoms with Crippen molar-refractivity contribution in [2.24, 2.45) is 4.99 Å². The lowest BCUT2D eigenvalue weighted by molar-refractivity contribution is 0.198. The second-order valence-electron chi connectivity index (χ2n) is 6.98. The maximum atomic E-state index is 13.7. The van der Waals surface area contributed by atoms with E-state index in [-0.39, 0.29) is 12.1 Å². The van der Waals surface area contributed by atoms with Gasteiger partial charge >= 0.3 is 0 Å². The van der Waals surface area contributed by atoms with Gasteiger partial charge in [0.1, 0.15) is 11.6 Å². The lowest BCUT2D eigenvalue weighted by atomic mass is 10.0. The summed E-state index contributed by atoms with van der Waals surface area (Å²) in [6.07, 6.45) is 1.98. The van der Waals surface area contributed by atoms with E-state index in [4.69, 9.17) is 11.6 Å². The van der Waals surface area contributed by atoms with Crippen LogP contribution in [0, 0.1) is 11.6 Å². The summed E-state index contributed by atoms with van der Waals surface area (Å²) in [5, 5.41) is 7.20. The maximum Gasteiger partial charge on any atom is 0.191 e. The standard InChI is InChI=1S/C21H25ClF2N4/c1-25-21(26-13-16-12-18(23)6-7-20(16)24)27-19-8-10-28(11-9-19)14-15-2-4-17(22)5-3-15/h2-7,12,19H,8-11,13-14H2,1H3,(H2,25,26,27). The minimum atomic E-state index is -0.450. The summed E-state index contributed by atoms with van der Waals surface area (Å²) in [6.45, 7) is 3.06. The van der Waals surface area contributed by atoms with E-state index in [1.54, 1.807) is 7.05 Å². The summed E-state index contributed by atoms with van der Waals surface area (Å²) >= 11 is 5.94. The van der Waals surface area contributed by atoms with E-state index in [0.29, 0.717) is 12.0 Å². The minimum absolute atomic E-state index is 0.179. The molecule has 0 radical (unpaired) electrons. The Balaban J connectivity index is 1.45. The third kappa shape index (κ3) is 5.91. The second-order valence-corrected chi connectivity index (χ2v) is 7.42. The van der Waals surface area contributed by atoms with Crippen molar-refractivity contribution in [2.45, 2.75) is 32.0 Å². The number of halogens is 3. The molecule has 28 heavy (non-hydrogen) atoms. The fourth-order valence-electron chi connectivity index (χ4n) is 3.33. The van der Waals surface area contributed by atoms with Gasteiger partial charge in [-0.3, -0.25) is 9.89 Å². The number of hydrogen-bond acceptors (Lipinski definition) is 2. The molecule has 4 nitrogen and oxygen atoms in total. The summed E-state index contributed by atoms with van der Waals surface area (Å²) in [5.74, 6) is -0.283. The summed E-state index contributed by atoms with van der Waals surface area (Å²) in [7, 11) is 1.67. The van der Waals surface area contributed by atoms with E-state index in [1.807, 2.05) is 12.1 Å². The number of piperidine rings is 1. The van der Waals surface area contributed by atoms with Gasteiger partial charge in [0, 0.05) is 49.9 Å². The summed E-state index contributed by atoms with van der Waals surface area (Å²) in [6, 6.07) is 11.7. The number of nitrogens with one attached hydrogen (secondary N) is 2. The van der Waals surface area contributed by atoms with Crippen LogP contribution in [-0.2, 0) is 13.1 Å². The molecule has 2 aromatic carbocycles. The summed E-state index contributed by atoms with van der Waals surface area (Å²) in [5.41, 5.74) is 1.53. The van der Waals surface area contributed by atoms with Crippen LogP contribution in [0.2, 0.25) is 5.02 Å². The van der Waals surface area contributed by atoms with Gasteiger partial charge in [-0.05, 0) is 48.7 Å². The van der Waals surface area contributed by atoms with E-state index in [9.17, 15) is 8.78 Å². The number of guanidine groups is 1. The zero-order valence-corrected chi connectivity index (χ0v) is 16.6. The fraction of sp³-hybridized carbons (Fsp3) is 0.381. The van der Waals surface area contributed by atoms with Crippen molar-refractivity contribution in [1.29, 1.82) is 0 Å². The Bertz CT molecular complexity index is 803. The molecular formula is C21H25ClF2N4. The third-order valence-electron chi connectivity index (χ3n) is 4.93. The Labute approximate surface area is 169 Å². The Morgan fingerprint density at radius 3 is 2.54 bits per heavy atom. The molecule has 0 aromatic heterocycles. The quantitative estimate of drug-likeness (QED) is 0.583. The Morgan fingerprint density at radius 1 is 1.14 bits per heavy atom. The molecule has 0 amide bonds. The predicted octanol–water partition coefficient (Wildman–Crippen LogP) is 3.95. The van der Waals surface area contributed by atoms with Crippen molar-refractivity contribution in [3.8, 4) is 0 Å². The molecule has 1 fully saturated rings. The average Bonchev–Trinajstić information content (AvgIpc) is 2.70. The van der Waals surface area contributed by atoms with E-state index >= 15 is 0 Å². The summed E-state index contributed by atoms with van der Waals surface area (Å²) < 4.78 is 27.0. The highest BCUT2D eigenvalue weighted by Gasteiger charge is 2.20. The van der Waals surface area contributed by atoms with Crippen LogP contribution in [0.3, 0.4) is 0 Å². The molecule has 0 aliphatic carbocycles. The zero-order valence-electron chi connectivity index (χ0n) is 15.9.